The molecule has 1 aromatic rings. The molecule has 0 bridgehead atoms. The SMILES string of the molecule is COCCN1CCCC12CCCN(Cc1ccccc1)C2=O.O=CO. The summed E-state index contributed by atoms with van der Waals surface area (Å²) in [7, 11) is 1.73. The Labute approximate surface area is 149 Å². The first-order valence-electron chi connectivity index (χ1n) is 8.83. The predicted molar refractivity (Wildman–Crippen MR) is 95.2 cm³/mol. The Kier molecular flexibility index (Phi) is 7.40. The minimum absolute atomic E-state index is 0.250. The van der Waals surface area contributed by atoms with Gasteiger partial charge in [0.15, 0.2) is 0 Å². The number of ether oxygens (including phenoxy) is 1. The molecule has 1 unspecified atom stereocenters. The van der Waals surface area contributed by atoms with Crippen molar-refractivity contribution in [1.82, 2.24) is 9.80 Å². The number of hydrogen-bond acceptors (Lipinski definition) is 4. The molecule has 3 rings (SSSR count). The molecule has 2 fully saturated rings. The molecular weight excluding hydrogens is 320 g/mol. The number of likely N-dealkylation sites (tertiary alicyclic amines) is 2. The number of rotatable bonds is 5. The van der Waals surface area contributed by atoms with Crippen LogP contribution in [0, 0.1) is 0 Å². The number of amides is 1. The summed E-state index contributed by atoms with van der Waals surface area (Å²) in [6, 6.07) is 10.3. The molecule has 1 aromatic carbocycles. The second-order valence-electron chi connectivity index (χ2n) is 6.54. The van der Waals surface area contributed by atoms with E-state index in [1.807, 2.05) is 18.2 Å². The summed E-state index contributed by atoms with van der Waals surface area (Å²) >= 11 is 0. The second kappa shape index (κ2) is 9.53. The fourth-order valence-electron chi connectivity index (χ4n) is 4.01. The predicted octanol–water partition coefficient (Wildman–Crippen LogP) is 1.99. The summed E-state index contributed by atoms with van der Waals surface area (Å²) in [5, 5.41) is 6.89. The highest BCUT2D eigenvalue weighted by Gasteiger charge is 2.50. The third-order valence-corrected chi connectivity index (χ3v) is 5.11. The number of carbonyl (C=O) groups is 2. The number of nitrogens with zero attached hydrogens (tertiary/aromatic N) is 2. The smallest absolute Gasteiger partial charge is 0.290 e. The molecule has 0 saturated carbocycles. The van der Waals surface area contributed by atoms with Gasteiger partial charge in [0.05, 0.1) is 6.61 Å². The molecule has 1 N–H and O–H groups in total. The molecule has 1 amide bonds. The molecule has 0 aromatic heterocycles. The van der Waals surface area contributed by atoms with Gasteiger partial charge >= 0.3 is 0 Å². The van der Waals surface area contributed by atoms with Gasteiger partial charge in [0.2, 0.25) is 5.91 Å². The average Bonchev–Trinajstić information content (AvgIpc) is 3.02. The van der Waals surface area contributed by atoms with E-state index in [1.54, 1.807) is 7.11 Å². The van der Waals surface area contributed by atoms with Crippen molar-refractivity contribution in [2.45, 2.75) is 37.8 Å². The maximum absolute atomic E-state index is 13.2. The molecule has 0 aliphatic carbocycles. The standard InChI is InChI=1S/C18H26N2O2.CH2O2/c1-22-14-13-20-12-6-10-18(20)9-5-11-19(17(18)21)15-16-7-3-2-4-8-16;2-1-3/h2-4,7-8H,5-6,9-15H2,1H3;1H,(H,2,3). The highest BCUT2D eigenvalue weighted by atomic mass is 16.5. The first-order valence-corrected chi connectivity index (χ1v) is 8.83. The first kappa shape index (κ1) is 19.4. The van der Waals surface area contributed by atoms with Gasteiger partial charge in [-0.15, -0.1) is 0 Å². The zero-order valence-corrected chi connectivity index (χ0v) is 14.9. The van der Waals surface area contributed by atoms with Gasteiger partial charge in [-0.25, -0.2) is 0 Å². The van der Waals surface area contributed by atoms with Gasteiger partial charge in [-0.3, -0.25) is 14.5 Å². The molecule has 2 aliphatic heterocycles. The minimum Gasteiger partial charge on any atom is -0.483 e. The lowest BCUT2D eigenvalue weighted by Crippen LogP contribution is -2.60. The number of hydrogen-bond donors (Lipinski definition) is 1. The van der Waals surface area contributed by atoms with Crippen LogP contribution in [0.2, 0.25) is 0 Å². The van der Waals surface area contributed by atoms with E-state index in [4.69, 9.17) is 14.6 Å². The normalized spacial score (nSPS) is 23.4. The third-order valence-electron chi connectivity index (χ3n) is 5.11. The van der Waals surface area contributed by atoms with E-state index < -0.39 is 0 Å². The van der Waals surface area contributed by atoms with Gasteiger partial charge in [0.25, 0.3) is 6.47 Å². The Morgan fingerprint density at radius 3 is 2.48 bits per heavy atom. The van der Waals surface area contributed by atoms with E-state index in [9.17, 15) is 4.79 Å². The van der Waals surface area contributed by atoms with E-state index in [0.717, 1.165) is 51.9 Å². The van der Waals surface area contributed by atoms with Crippen LogP contribution < -0.4 is 0 Å². The highest BCUT2D eigenvalue weighted by molar-refractivity contribution is 5.87. The van der Waals surface area contributed by atoms with Crippen LogP contribution in [0.4, 0.5) is 0 Å². The highest BCUT2D eigenvalue weighted by Crippen LogP contribution is 2.38. The van der Waals surface area contributed by atoms with E-state index in [0.29, 0.717) is 12.5 Å². The zero-order chi connectivity index (χ0) is 18.1. The third kappa shape index (κ3) is 4.58. The van der Waals surface area contributed by atoms with Crippen LogP contribution in [0.3, 0.4) is 0 Å². The second-order valence-corrected chi connectivity index (χ2v) is 6.54. The number of carbonyl (C=O) groups excluding carboxylic acids is 1. The molecular formula is C19H28N2O4. The number of methoxy groups -OCH3 is 1. The lowest BCUT2D eigenvalue weighted by molar-refractivity contribution is -0.148. The Bertz CT molecular complexity index is 552. The van der Waals surface area contributed by atoms with Crippen molar-refractivity contribution in [1.29, 1.82) is 0 Å². The van der Waals surface area contributed by atoms with Crippen molar-refractivity contribution in [3.05, 3.63) is 35.9 Å². The van der Waals surface area contributed by atoms with Crippen LogP contribution in [0.25, 0.3) is 0 Å². The lowest BCUT2D eigenvalue weighted by Gasteiger charge is -2.44. The maximum atomic E-state index is 13.2. The summed E-state index contributed by atoms with van der Waals surface area (Å²) < 4.78 is 5.23. The Hall–Kier alpha value is -1.92. The molecule has 2 saturated heterocycles. The fourth-order valence-corrected chi connectivity index (χ4v) is 4.01. The van der Waals surface area contributed by atoms with Crippen LogP contribution in [-0.4, -0.2) is 66.2 Å². The van der Waals surface area contributed by atoms with Crippen LogP contribution in [0.1, 0.15) is 31.2 Å². The molecule has 2 heterocycles. The number of piperidine rings is 1. The fraction of sp³-hybridized carbons (Fsp3) is 0.579. The molecule has 6 heteroatoms. The molecule has 2 aliphatic rings. The van der Waals surface area contributed by atoms with Crippen LogP contribution in [-0.2, 0) is 20.9 Å². The van der Waals surface area contributed by atoms with E-state index in [-0.39, 0.29) is 12.0 Å². The topological polar surface area (TPSA) is 70.1 Å². The van der Waals surface area contributed by atoms with Crippen LogP contribution in [0.15, 0.2) is 30.3 Å². The molecule has 6 nitrogen and oxygen atoms in total. The quantitative estimate of drug-likeness (QED) is 0.824. The summed E-state index contributed by atoms with van der Waals surface area (Å²) in [6.07, 6.45) is 4.22. The van der Waals surface area contributed by atoms with Crippen molar-refractivity contribution >= 4 is 12.4 Å². The minimum atomic E-state index is -0.258. The van der Waals surface area contributed by atoms with Gasteiger partial charge in [-0.2, -0.15) is 0 Å². The summed E-state index contributed by atoms with van der Waals surface area (Å²) in [4.78, 5) is 26.0. The summed E-state index contributed by atoms with van der Waals surface area (Å²) in [5.74, 6) is 0.330. The van der Waals surface area contributed by atoms with Crippen molar-refractivity contribution in [3.8, 4) is 0 Å². The maximum Gasteiger partial charge on any atom is 0.290 e. The van der Waals surface area contributed by atoms with Crippen LogP contribution >= 0.6 is 0 Å². The average molecular weight is 348 g/mol. The molecule has 138 valence electrons. The van der Waals surface area contributed by atoms with Gasteiger partial charge in [0.1, 0.15) is 5.54 Å². The summed E-state index contributed by atoms with van der Waals surface area (Å²) in [5.41, 5.74) is 0.959. The Morgan fingerprint density at radius 1 is 1.20 bits per heavy atom. The Morgan fingerprint density at radius 2 is 1.84 bits per heavy atom. The lowest BCUT2D eigenvalue weighted by atomic mass is 9.85. The van der Waals surface area contributed by atoms with E-state index in [1.165, 1.54) is 5.56 Å². The Balaban J connectivity index is 0.000000701. The van der Waals surface area contributed by atoms with Crippen molar-refractivity contribution in [3.63, 3.8) is 0 Å². The van der Waals surface area contributed by atoms with Crippen LogP contribution in [0.5, 0.6) is 0 Å². The van der Waals surface area contributed by atoms with Gasteiger partial charge in [0, 0.05) is 26.7 Å². The van der Waals surface area contributed by atoms with E-state index >= 15 is 0 Å². The van der Waals surface area contributed by atoms with Gasteiger partial charge in [-0.05, 0) is 37.8 Å². The summed E-state index contributed by atoms with van der Waals surface area (Å²) in [6.45, 7) is 3.95. The van der Waals surface area contributed by atoms with Crippen molar-refractivity contribution < 1.29 is 19.4 Å². The molecule has 0 radical (unpaired) electrons. The van der Waals surface area contributed by atoms with Crippen molar-refractivity contribution in [2.24, 2.45) is 0 Å². The molecule has 1 spiro atoms. The van der Waals surface area contributed by atoms with Gasteiger partial charge in [-0.1, -0.05) is 30.3 Å². The number of carboxylic acid groups (broad SMARTS) is 1. The first-order chi connectivity index (χ1) is 12.2. The van der Waals surface area contributed by atoms with E-state index in [2.05, 4.69) is 21.9 Å². The molecule has 1 atom stereocenters. The van der Waals surface area contributed by atoms with Crippen molar-refractivity contribution in [2.75, 3.05) is 33.4 Å². The zero-order valence-electron chi connectivity index (χ0n) is 14.9. The number of benzene rings is 1. The largest absolute Gasteiger partial charge is 0.483 e. The van der Waals surface area contributed by atoms with Gasteiger partial charge < -0.3 is 14.7 Å². The monoisotopic (exact) mass is 348 g/mol. The molecule has 25 heavy (non-hydrogen) atoms.